The van der Waals surface area contributed by atoms with E-state index >= 15 is 0 Å². The van der Waals surface area contributed by atoms with Crippen molar-refractivity contribution >= 4 is 23.4 Å². The zero-order valence-corrected chi connectivity index (χ0v) is 16.3. The Balaban J connectivity index is 1.50. The summed E-state index contributed by atoms with van der Waals surface area (Å²) in [5, 5.41) is 0. The molecule has 3 rings (SSSR count). The molecule has 5 heteroatoms. The Morgan fingerprint density at radius 1 is 1.24 bits per heavy atom. The van der Waals surface area contributed by atoms with Gasteiger partial charge < -0.3 is 14.5 Å². The molecule has 138 valence electrons. The fraction of sp³-hybridized carbons (Fsp3) is 0.650. The number of rotatable bonds is 7. The van der Waals surface area contributed by atoms with Gasteiger partial charge in [-0.15, -0.1) is 11.8 Å². The van der Waals surface area contributed by atoms with Gasteiger partial charge >= 0.3 is 0 Å². The number of para-hydroxylation sites is 1. The fourth-order valence-electron chi connectivity index (χ4n) is 3.71. The lowest BCUT2D eigenvalue weighted by Crippen LogP contribution is -2.44. The maximum atomic E-state index is 12.4. The summed E-state index contributed by atoms with van der Waals surface area (Å²) in [5.41, 5.74) is 1.09. The van der Waals surface area contributed by atoms with Crippen LogP contribution in [0.25, 0.3) is 0 Å². The van der Waals surface area contributed by atoms with Crippen molar-refractivity contribution in [3.8, 4) is 0 Å². The van der Waals surface area contributed by atoms with Crippen LogP contribution in [-0.2, 0) is 9.53 Å². The first-order chi connectivity index (χ1) is 12.2. The molecule has 1 aromatic rings. The van der Waals surface area contributed by atoms with E-state index in [0.717, 1.165) is 57.7 Å². The molecule has 1 unspecified atom stereocenters. The van der Waals surface area contributed by atoms with Crippen LogP contribution in [0.3, 0.4) is 0 Å². The van der Waals surface area contributed by atoms with E-state index in [0.29, 0.717) is 17.8 Å². The van der Waals surface area contributed by atoms with E-state index in [1.807, 2.05) is 17.0 Å². The number of hydrogen-bond acceptors (Lipinski definition) is 4. The summed E-state index contributed by atoms with van der Waals surface area (Å²) >= 11 is 1.65. The number of anilines is 1. The minimum atomic E-state index is 0.238. The van der Waals surface area contributed by atoms with E-state index in [1.165, 1.54) is 4.90 Å². The molecule has 0 aromatic heterocycles. The normalized spacial score (nSPS) is 20.6. The topological polar surface area (TPSA) is 32.8 Å². The number of fused-ring (bicyclic) bond motifs is 1. The Morgan fingerprint density at radius 2 is 2.00 bits per heavy atom. The van der Waals surface area contributed by atoms with Gasteiger partial charge in [-0.25, -0.2) is 0 Å². The highest BCUT2D eigenvalue weighted by atomic mass is 32.2. The van der Waals surface area contributed by atoms with E-state index in [2.05, 4.69) is 30.9 Å². The molecule has 0 aliphatic carbocycles. The van der Waals surface area contributed by atoms with Gasteiger partial charge in [0.15, 0.2) is 0 Å². The van der Waals surface area contributed by atoms with Crippen LogP contribution in [0.1, 0.15) is 33.1 Å². The minimum Gasteiger partial charge on any atom is -0.378 e. The molecule has 2 heterocycles. The van der Waals surface area contributed by atoms with Crippen molar-refractivity contribution in [1.82, 2.24) is 4.90 Å². The van der Waals surface area contributed by atoms with Gasteiger partial charge in [0.05, 0.1) is 17.5 Å². The van der Waals surface area contributed by atoms with Crippen molar-refractivity contribution in [1.29, 1.82) is 0 Å². The first-order valence-electron chi connectivity index (χ1n) is 9.53. The molecule has 0 bridgehead atoms. The van der Waals surface area contributed by atoms with Gasteiger partial charge in [-0.3, -0.25) is 4.79 Å². The van der Waals surface area contributed by atoms with Gasteiger partial charge in [0.25, 0.3) is 0 Å². The summed E-state index contributed by atoms with van der Waals surface area (Å²) in [4.78, 5) is 18.2. The van der Waals surface area contributed by atoms with Crippen LogP contribution in [0.15, 0.2) is 29.2 Å². The fourth-order valence-corrected chi connectivity index (χ4v) is 4.64. The van der Waals surface area contributed by atoms with Crippen molar-refractivity contribution in [2.24, 2.45) is 5.92 Å². The molecule has 1 fully saturated rings. The van der Waals surface area contributed by atoms with E-state index in [1.54, 1.807) is 11.8 Å². The number of thioether (sulfide) groups is 1. The molecule has 1 atom stereocenters. The summed E-state index contributed by atoms with van der Waals surface area (Å²) in [7, 11) is 0. The lowest BCUT2D eigenvalue weighted by molar-refractivity contribution is -0.116. The molecule has 0 N–H and O–H groups in total. The average Bonchev–Trinajstić information content (AvgIpc) is 2.63. The molecule has 25 heavy (non-hydrogen) atoms. The van der Waals surface area contributed by atoms with E-state index in [4.69, 9.17) is 4.74 Å². The number of piperidine rings is 1. The zero-order valence-electron chi connectivity index (χ0n) is 15.4. The van der Waals surface area contributed by atoms with Gasteiger partial charge in [0.2, 0.25) is 5.91 Å². The summed E-state index contributed by atoms with van der Waals surface area (Å²) < 4.78 is 5.88. The first kappa shape index (κ1) is 18.7. The number of likely N-dealkylation sites (tertiary alicyclic amines) is 1. The molecule has 2 aliphatic heterocycles. The molecule has 1 aromatic carbocycles. The standard InChI is InChI=1S/C20H30N2O2S/c1-3-12-24-17-8-10-21(11-9-17)13-16(2)14-22-18-6-4-5-7-19(18)25-15-20(22)23/h4-7,16-17H,3,8-15H2,1-2H3. The monoisotopic (exact) mass is 362 g/mol. The second-order valence-electron chi connectivity index (χ2n) is 7.24. The van der Waals surface area contributed by atoms with Crippen molar-refractivity contribution in [2.45, 2.75) is 44.1 Å². The first-order valence-corrected chi connectivity index (χ1v) is 10.5. The highest BCUT2D eigenvalue weighted by Gasteiger charge is 2.27. The van der Waals surface area contributed by atoms with Gasteiger partial charge in [0.1, 0.15) is 0 Å². The second kappa shape index (κ2) is 9.06. The SMILES string of the molecule is CCCOC1CCN(CC(C)CN2C(=O)CSc3ccccc32)CC1. The maximum Gasteiger partial charge on any atom is 0.237 e. The number of benzene rings is 1. The van der Waals surface area contributed by atoms with E-state index in [9.17, 15) is 4.79 Å². The van der Waals surface area contributed by atoms with Crippen LogP contribution < -0.4 is 4.90 Å². The quantitative estimate of drug-likeness (QED) is 0.741. The predicted molar refractivity (Wildman–Crippen MR) is 104 cm³/mol. The third-order valence-electron chi connectivity index (χ3n) is 4.96. The molecule has 2 aliphatic rings. The van der Waals surface area contributed by atoms with Crippen LogP contribution in [0.4, 0.5) is 5.69 Å². The second-order valence-corrected chi connectivity index (χ2v) is 8.25. The third-order valence-corrected chi connectivity index (χ3v) is 6.01. The number of nitrogens with zero attached hydrogens (tertiary/aromatic N) is 2. The summed E-state index contributed by atoms with van der Waals surface area (Å²) in [6.45, 7) is 9.39. The number of hydrogen-bond donors (Lipinski definition) is 0. The molecule has 1 amide bonds. The zero-order chi connectivity index (χ0) is 17.6. The number of amides is 1. The molecule has 0 radical (unpaired) electrons. The molecule has 1 saturated heterocycles. The largest absolute Gasteiger partial charge is 0.378 e. The van der Waals surface area contributed by atoms with Gasteiger partial charge in [-0.2, -0.15) is 0 Å². The molecule has 0 saturated carbocycles. The molecular weight excluding hydrogens is 332 g/mol. The van der Waals surface area contributed by atoms with Crippen molar-refractivity contribution < 1.29 is 9.53 Å². The minimum absolute atomic E-state index is 0.238. The molecule has 0 spiro atoms. The van der Waals surface area contributed by atoms with Crippen LogP contribution in [-0.4, -0.2) is 55.4 Å². The Kier molecular flexibility index (Phi) is 6.79. The smallest absolute Gasteiger partial charge is 0.237 e. The Labute approximate surface area is 155 Å². The summed E-state index contributed by atoms with van der Waals surface area (Å²) in [6.07, 6.45) is 3.81. The number of carbonyl (C=O) groups excluding carboxylic acids is 1. The number of carbonyl (C=O) groups is 1. The van der Waals surface area contributed by atoms with Crippen LogP contribution >= 0.6 is 11.8 Å². The van der Waals surface area contributed by atoms with Gasteiger partial charge in [-0.1, -0.05) is 26.0 Å². The Hall–Kier alpha value is -1.04. The van der Waals surface area contributed by atoms with Crippen molar-refractivity contribution in [3.05, 3.63) is 24.3 Å². The van der Waals surface area contributed by atoms with Crippen LogP contribution in [0.5, 0.6) is 0 Å². The van der Waals surface area contributed by atoms with Crippen LogP contribution in [0.2, 0.25) is 0 Å². The lowest BCUT2D eigenvalue weighted by atomic mass is 10.0. The van der Waals surface area contributed by atoms with E-state index < -0.39 is 0 Å². The molecule has 4 nitrogen and oxygen atoms in total. The van der Waals surface area contributed by atoms with E-state index in [-0.39, 0.29) is 5.91 Å². The molecular formula is C20H30N2O2S. The average molecular weight is 363 g/mol. The predicted octanol–water partition coefficient (Wildman–Crippen LogP) is 3.65. The van der Waals surface area contributed by atoms with Crippen molar-refractivity contribution in [3.63, 3.8) is 0 Å². The van der Waals surface area contributed by atoms with Crippen LogP contribution in [0, 0.1) is 5.92 Å². The lowest BCUT2D eigenvalue weighted by Gasteiger charge is -2.36. The maximum absolute atomic E-state index is 12.4. The highest BCUT2D eigenvalue weighted by molar-refractivity contribution is 8.00. The Morgan fingerprint density at radius 3 is 2.76 bits per heavy atom. The summed E-state index contributed by atoms with van der Waals surface area (Å²) in [5.74, 6) is 1.26. The summed E-state index contributed by atoms with van der Waals surface area (Å²) in [6, 6.07) is 8.26. The third kappa shape index (κ3) is 4.99. The Bertz CT molecular complexity index is 573. The number of ether oxygens (including phenoxy) is 1. The van der Waals surface area contributed by atoms with Gasteiger partial charge in [0, 0.05) is 37.7 Å². The highest BCUT2D eigenvalue weighted by Crippen LogP contribution is 2.35. The van der Waals surface area contributed by atoms with Crippen molar-refractivity contribution in [2.75, 3.05) is 43.4 Å². The van der Waals surface area contributed by atoms with Gasteiger partial charge in [-0.05, 0) is 37.3 Å².